The van der Waals surface area contributed by atoms with Crippen molar-refractivity contribution in [2.45, 2.75) is 45.1 Å². The Hall–Kier alpha value is -2.06. The molecule has 1 unspecified atom stereocenters. The van der Waals surface area contributed by atoms with Crippen molar-refractivity contribution in [3.63, 3.8) is 0 Å². The molecule has 2 aliphatic rings. The lowest BCUT2D eigenvalue weighted by molar-refractivity contribution is 0.0711. The van der Waals surface area contributed by atoms with Crippen LogP contribution in [0.1, 0.15) is 51.2 Å². The Balaban J connectivity index is 1.50. The summed E-state index contributed by atoms with van der Waals surface area (Å²) < 4.78 is 1.77. The van der Waals surface area contributed by atoms with Gasteiger partial charge in [-0.2, -0.15) is 0 Å². The van der Waals surface area contributed by atoms with Gasteiger partial charge in [0.05, 0.1) is 15.3 Å². The van der Waals surface area contributed by atoms with Gasteiger partial charge in [0, 0.05) is 43.5 Å². The number of thiophene rings is 1. The Labute approximate surface area is 164 Å². The van der Waals surface area contributed by atoms with Crippen molar-refractivity contribution in [3.05, 3.63) is 43.2 Å². The van der Waals surface area contributed by atoms with Crippen molar-refractivity contribution in [3.8, 4) is 0 Å². The van der Waals surface area contributed by atoms with Crippen molar-refractivity contribution in [1.82, 2.24) is 19.4 Å². The zero-order valence-corrected chi connectivity index (χ0v) is 16.7. The Bertz CT molecular complexity index is 1080. The van der Waals surface area contributed by atoms with Crippen molar-refractivity contribution >= 4 is 38.8 Å². The standard InChI is InChI=1S/C19H20N4O2S2/c1-11-14-17(21-13-5-3-8-23(13)18(14)24)27-15(11)19(25)22-7-2-4-12(10-22)16-20-6-9-26-16/h6,9,12H,2-5,7-8,10H2,1H3. The number of nitrogens with zero attached hydrogens (tertiary/aromatic N) is 4. The van der Waals surface area contributed by atoms with Crippen LogP contribution in [0.15, 0.2) is 16.4 Å². The van der Waals surface area contributed by atoms with Gasteiger partial charge < -0.3 is 4.90 Å². The largest absolute Gasteiger partial charge is 0.337 e. The van der Waals surface area contributed by atoms with Crippen LogP contribution in [0, 0.1) is 6.92 Å². The number of aryl methyl sites for hydroxylation is 2. The summed E-state index contributed by atoms with van der Waals surface area (Å²) in [7, 11) is 0. The van der Waals surface area contributed by atoms with Crippen LogP contribution < -0.4 is 5.56 Å². The quantitative estimate of drug-likeness (QED) is 0.663. The molecule has 5 rings (SSSR count). The third-order valence-corrected chi connectivity index (χ3v) is 7.73. The van der Waals surface area contributed by atoms with Crippen LogP contribution in [0.5, 0.6) is 0 Å². The predicted molar refractivity (Wildman–Crippen MR) is 107 cm³/mol. The maximum atomic E-state index is 13.3. The molecule has 0 N–H and O–H groups in total. The van der Waals surface area contributed by atoms with Crippen LogP contribution in [0.3, 0.4) is 0 Å². The van der Waals surface area contributed by atoms with E-state index in [-0.39, 0.29) is 11.5 Å². The monoisotopic (exact) mass is 400 g/mol. The number of fused-ring (bicyclic) bond motifs is 2. The molecule has 1 fully saturated rings. The van der Waals surface area contributed by atoms with Crippen molar-refractivity contribution in [2.24, 2.45) is 0 Å². The zero-order chi connectivity index (χ0) is 18.5. The zero-order valence-electron chi connectivity index (χ0n) is 15.1. The summed E-state index contributed by atoms with van der Waals surface area (Å²) in [4.78, 5) is 38.5. The van der Waals surface area contributed by atoms with Gasteiger partial charge in [-0.15, -0.1) is 22.7 Å². The molecule has 3 aromatic rings. The van der Waals surface area contributed by atoms with Gasteiger partial charge in [-0.25, -0.2) is 9.97 Å². The Morgan fingerprint density at radius 1 is 1.30 bits per heavy atom. The molecule has 0 aliphatic carbocycles. The van der Waals surface area contributed by atoms with Gasteiger partial charge in [-0.1, -0.05) is 0 Å². The number of carbonyl (C=O) groups excluding carboxylic acids is 1. The van der Waals surface area contributed by atoms with Crippen molar-refractivity contribution < 1.29 is 4.79 Å². The van der Waals surface area contributed by atoms with E-state index in [0.717, 1.165) is 55.2 Å². The first-order chi connectivity index (χ1) is 13.1. The van der Waals surface area contributed by atoms with Gasteiger partial charge in [0.25, 0.3) is 11.5 Å². The van der Waals surface area contributed by atoms with Crippen molar-refractivity contribution in [2.75, 3.05) is 13.1 Å². The molecule has 3 aromatic heterocycles. The molecule has 0 saturated carbocycles. The van der Waals surface area contributed by atoms with Gasteiger partial charge in [-0.05, 0) is 31.7 Å². The first-order valence-corrected chi connectivity index (χ1v) is 11.0. The number of aromatic nitrogens is 3. The number of carbonyl (C=O) groups is 1. The molecule has 0 bridgehead atoms. The fourth-order valence-electron chi connectivity index (χ4n) is 4.22. The average Bonchev–Trinajstić information content (AvgIpc) is 3.42. The summed E-state index contributed by atoms with van der Waals surface area (Å²) in [5.41, 5.74) is 0.802. The Morgan fingerprint density at radius 3 is 3.00 bits per heavy atom. The first-order valence-electron chi connectivity index (χ1n) is 9.35. The van der Waals surface area contributed by atoms with Crippen LogP contribution in [0.25, 0.3) is 10.2 Å². The van der Waals surface area contributed by atoms with Crippen LogP contribution in [0.4, 0.5) is 0 Å². The maximum absolute atomic E-state index is 13.3. The summed E-state index contributed by atoms with van der Waals surface area (Å²) >= 11 is 3.04. The van der Waals surface area contributed by atoms with Gasteiger partial charge >= 0.3 is 0 Å². The molecule has 0 radical (unpaired) electrons. The van der Waals surface area contributed by atoms with E-state index >= 15 is 0 Å². The third-order valence-electron chi connectivity index (χ3n) is 5.61. The second kappa shape index (κ2) is 6.53. The Kier molecular flexibility index (Phi) is 4.12. The fraction of sp³-hybridized carbons (Fsp3) is 0.474. The number of thiazole rings is 1. The molecule has 8 heteroatoms. The van der Waals surface area contributed by atoms with Crippen LogP contribution in [0.2, 0.25) is 0 Å². The number of likely N-dealkylation sites (tertiary alicyclic amines) is 1. The van der Waals surface area contributed by atoms with Gasteiger partial charge in [0.1, 0.15) is 10.7 Å². The molecule has 6 nitrogen and oxygen atoms in total. The highest BCUT2D eigenvalue weighted by molar-refractivity contribution is 7.20. The highest BCUT2D eigenvalue weighted by Gasteiger charge is 2.30. The molecule has 1 amide bonds. The molecule has 1 atom stereocenters. The predicted octanol–water partition coefficient (Wildman–Crippen LogP) is 3.19. The molecular formula is C19H20N4O2S2. The van der Waals surface area contributed by atoms with E-state index < -0.39 is 0 Å². The highest BCUT2D eigenvalue weighted by Crippen LogP contribution is 2.33. The first kappa shape index (κ1) is 17.1. The molecule has 27 heavy (non-hydrogen) atoms. The number of rotatable bonds is 2. The van der Waals surface area contributed by atoms with Crippen LogP contribution in [-0.2, 0) is 13.0 Å². The smallest absolute Gasteiger partial charge is 0.264 e. The van der Waals surface area contributed by atoms with E-state index in [2.05, 4.69) is 9.97 Å². The van der Waals surface area contributed by atoms with E-state index in [1.165, 1.54) is 11.3 Å². The van der Waals surface area contributed by atoms with Crippen molar-refractivity contribution in [1.29, 1.82) is 0 Å². The lowest BCUT2D eigenvalue weighted by Crippen LogP contribution is -2.39. The summed E-state index contributed by atoms with van der Waals surface area (Å²) in [6.45, 7) is 4.08. The van der Waals surface area contributed by atoms with E-state index in [0.29, 0.717) is 27.6 Å². The Morgan fingerprint density at radius 2 is 2.19 bits per heavy atom. The van der Waals surface area contributed by atoms with Crippen LogP contribution in [-0.4, -0.2) is 38.4 Å². The normalized spacial score (nSPS) is 19.6. The molecule has 140 valence electrons. The molecular weight excluding hydrogens is 380 g/mol. The van der Waals surface area contributed by atoms with Gasteiger partial charge in [-0.3, -0.25) is 14.2 Å². The van der Waals surface area contributed by atoms with E-state index in [1.54, 1.807) is 15.9 Å². The number of amides is 1. The topological polar surface area (TPSA) is 68.1 Å². The minimum Gasteiger partial charge on any atom is -0.337 e. The van der Waals surface area contributed by atoms with Gasteiger partial charge in [0.2, 0.25) is 0 Å². The minimum atomic E-state index is 0.0135. The lowest BCUT2D eigenvalue weighted by atomic mass is 9.98. The van der Waals surface area contributed by atoms with E-state index in [4.69, 9.17) is 0 Å². The maximum Gasteiger partial charge on any atom is 0.264 e. The summed E-state index contributed by atoms with van der Waals surface area (Å²) in [5.74, 6) is 1.20. The number of piperidine rings is 1. The molecule has 0 aromatic carbocycles. The highest BCUT2D eigenvalue weighted by atomic mass is 32.1. The van der Waals surface area contributed by atoms with Crippen LogP contribution >= 0.6 is 22.7 Å². The third kappa shape index (κ3) is 2.73. The lowest BCUT2D eigenvalue weighted by Gasteiger charge is -2.31. The summed E-state index contributed by atoms with van der Waals surface area (Å²) in [6.07, 6.45) is 5.69. The number of hydrogen-bond donors (Lipinski definition) is 0. The molecule has 5 heterocycles. The van der Waals surface area contributed by atoms with E-state index in [9.17, 15) is 9.59 Å². The summed E-state index contributed by atoms with van der Waals surface area (Å²) in [5, 5.41) is 3.73. The average molecular weight is 401 g/mol. The fourth-order valence-corrected chi connectivity index (χ4v) is 6.15. The molecule has 2 aliphatic heterocycles. The summed E-state index contributed by atoms with van der Waals surface area (Å²) in [6, 6.07) is 0. The molecule has 0 spiro atoms. The van der Waals surface area contributed by atoms with E-state index in [1.807, 2.05) is 23.4 Å². The van der Waals surface area contributed by atoms with Gasteiger partial charge in [0.15, 0.2) is 0 Å². The second-order valence-electron chi connectivity index (χ2n) is 7.29. The minimum absolute atomic E-state index is 0.0135. The SMILES string of the molecule is Cc1c(C(=O)N2CCCC(c3nccs3)C2)sc2nc3n(c(=O)c12)CCC3. The second-order valence-corrected chi connectivity index (χ2v) is 9.21. The molecule has 1 saturated heterocycles. The number of hydrogen-bond acceptors (Lipinski definition) is 6.